The van der Waals surface area contributed by atoms with Crippen LogP contribution in [0.1, 0.15) is 11.1 Å². The van der Waals surface area contributed by atoms with Gasteiger partial charge in [0.2, 0.25) is 0 Å². The number of benzene rings is 2. The van der Waals surface area contributed by atoms with E-state index in [1.165, 1.54) is 24.3 Å². The van der Waals surface area contributed by atoms with Crippen LogP contribution >= 0.6 is 0 Å². The molecule has 0 aliphatic rings. The summed E-state index contributed by atoms with van der Waals surface area (Å²) in [4.78, 5) is 0. The molecular weight excluding hydrogens is 260 g/mol. The lowest BCUT2D eigenvalue weighted by Crippen LogP contribution is -2.31. The Bertz CT molecular complexity index is 655. The van der Waals surface area contributed by atoms with Crippen LogP contribution in [0.2, 0.25) is 0 Å². The molecule has 0 atom stereocenters. The van der Waals surface area contributed by atoms with Gasteiger partial charge in [-0.25, -0.2) is 4.39 Å². The Morgan fingerprint density at radius 2 is 1.95 bits per heavy atom. The van der Waals surface area contributed by atoms with Crippen molar-refractivity contribution in [2.75, 3.05) is 0 Å². The molecule has 2 aromatic carbocycles. The van der Waals surface area contributed by atoms with Gasteiger partial charge in [-0.05, 0) is 24.3 Å². The van der Waals surface area contributed by atoms with Crippen molar-refractivity contribution in [3.8, 4) is 11.8 Å². The van der Waals surface area contributed by atoms with Crippen molar-refractivity contribution in [2.24, 2.45) is 0 Å². The fourth-order valence-corrected chi connectivity index (χ4v) is 1.74. The van der Waals surface area contributed by atoms with Gasteiger partial charge in [-0.2, -0.15) is 5.26 Å². The first-order chi connectivity index (χ1) is 9.61. The molecule has 0 amide bonds. The molecule has 2 aromatic rings. The van der Waals surface area contributed by atoms with E-state index in [9.17, 15) is 14.4 Å². The van der Waals surface area contributed by atoms with E-state index in [1.54, 1.807) is 18.2 Å². The van der Waals surface area contributed by atoms with E-state index < -0.39 is 12.9 Å². The zero-order valence-electron chi connectivity index (χ0n) is 10.5. The monoisotopic (exact) mass is 271 g/mol. The van der Waals surface area contributed by atoms with E-state index in [-0.39, 0.29) is 23.4 Å². The molecule has 100 valence electrons. The van der Waals surface area contributed by atoms with Gasteiger partial charge in [-0.15, -0.1) is 0 Å². The summed E-state index contributed by atoms with van der Waals surface area (Å²) in [5, 5.41) is 27.2. The third-order valence-corrected chi connectivity index (χ3v) is 2.76. The average Bonchev–Trinajstić information content (AvgIpc) is 2.46. The zero-order valence-corrected chi connectivity index (χ0v) is 10.5. The van der Waals surface area contributed by atoms with Gasteiger partial charge in [-0.1, -0.05) is 18.2 Å². The Kier molecular flexibility index (Phi) is 4.36. The molecule has 4 nitrogen and oxygen atoms in total. The first kappa shape index (κ1) is 14.1. The lowest BCUT2D eigenvalue weighted by Gasteiger charge is -2.11. The van der Waals surface area contributed by atoms with Gasteiger partial charge in [0.05, 0.1) is 11.6 Å². The van der Waals surface area contributed by atoms with E-state index in [0.717, 1.165) is 0 Å². The highest BCUT2D eigenvalue weighted by atomic mass is 19.1. The number of hydrogen-bond donors (Lipinski definition) is 2. The molecule has 0 aliphatic carbocycles. The molecule has 0 heterocycles. The number of nitriles is 1. The van der Waals surface area contributed by atoms with E-state index in [1.807, 2.05) is 6.07 Å². The van der Waals surface area contributed by atoms with Gasteiger partial charge in [0.25, 0.3) is 0 Å². The first-order valence-electron chi connectivity index (χ1n) is 5.88. The van der Waals surface area contributed by atoms with E-state index in [2.05, 4.69) is 0 Å². The number of para-hydroxylation sites is 1. The molecule has 0 saturated carbocycles. The Labute approximate surface area is 115 Å². The molecule has 0 bridgehead atoms. The zero-order chi connectivity index (χ0) is 14.5. The van der Waals surface area contributed by atoms with Crippen LogP contribution in [0.15, 0.2) is 42.5 Å². The van der Waals surface area contributed by atoms with Crippen molar-refractivity contribution in [1.29, 1.82) is 5.26 Å². The molecule has 0 spiro atoms. The van der Waals surface area contributed by atoms with Crippen molar-refractivity contribution in [3.63, 3.8) is 0 Å². The number of nitrogens with zero attached hydrogens (tertiary/aromatic N) is 1. The molecule has 2 N–H and O–H groups in total. The van der Waals surface area contributed by atoms with Gasteiger partial charge in [0, 0.05) is 11.0 Å². The van der Waals surface area contributed by atoms with Crippen LogP contribution in [0.3, 0.4) is 0 Å². The number of rotatable bonds is 4. The minimum atomic E-state index is -1.67. The average molecular weight is 271 g/mol. The Hall–Kier alpha value is -2.36. The van der Waals surface area contributed by atoms with Gasteiger partial charge >= 0.3 is 7.12 Å². The fourth-order valence-electron chi connectivity index (χ4n) is 1.74. The highest BCUT2D eigenvalue weighted by Crippen LogP contribution is 2.14. The molecule has 0 aromatic heterocycles. The molecule has 0 unspecified atom stereocenters. The standard InChI is InChI=1S/C14H11BFNO3/c16-13-6-5-10(8-17)7-11(13)9-20-14-4-2-1-3-12(14)15(18)19/h1-7,18-19H,9H2. The van der Waals surface area contributed by atoms with Crippen molar-refractivity contribution in [2.45, 2.75) is 6.61 Å². The minimum absolute atomic E-state index is 0.106. The third-order valence-electron chi connectivity index (χ3n) is 2.76. The molecule has 0 saturated heterocycles. The summed E-state index contributed by atoms with van der Waals surface area (Å²) >= 11 is 0. The first-order valence-corrected chi connectivity index (χ1v) is 5.88. The van der Waals surface area contributed by atoms with Crippen LogP contribution in [0.4, 0.5) is 4.39 Å². The van der Waals surface area contributed by atoms with Gasteiger partial charge in [0.1, 0.15) is 18.2 Å². The molecule has 0 fully saturated rings. The topological polar surface area (TPSA) is 73.5 Å². The summed E-state index contributed by atoms with van der Waals surface area (Å²) in [7, 11) is -1.67. The Morgan fingerprint density at radius 1 is 1.20 bits per heavy atom. The van der Waals surface area contributed by atoms with Gasteiger partial charge in [-0.3, -0.25) is 0 Å². The largest absolute Gasteiger partial charge is 0.492 e. The number of hydrogen-bond acceptors (Lipinski definition) is 4. The summed E-state index contributed by atoms with van der Waals surface area (Å²) in [6.07, 6.45) is 0. The van der Waals surface area contributed by atoms with E-state index in [4.69, 9.17) is 10.00 Å². The Balaban J connectivity index is 2.19. The molecule has 20 heavy (non-hydrogen) atoms. The van der Waals surface area contributed by atoms with E-state index >= 15 is 0 Å². The molecule has 0 aliphatic heterocycles. The molecule has 6 heteroatoms. The summed E-state index contributed by atoms with van der Waals surface area (Å²) < 4.78 is 19.0. The van der Waals surface area contributed by atoms with Crippen LogP contribution in [0.25, 0.3) is 0 Å². The molecule has 0 radical (unpaired) electrons. The van der Waals surface area contributed by atoms with Crippen LogP contribution in [-0.2, 0) is 6.61 Å². The summed E-state index contributed by atoms with van der Waals surface area (Å²) in [5.41, 5.74) is 0.760. The lowest BCUT2D eigenvalue weighted by atomic mass is 9.79. The molecule has 2 rings (SSSR count). The SMILES string of the molecule is N#Cc1ccc(F)c(COc2ccccc2B(O)O)c1. The van der Waals surface area contributed by atoms with Crippen LogP contribution in [-0.4, -0.2) is 17.2 Å². The quantitative estimate of drug-likeness (QED) is 0.812. The van der Waals surface area contributed by atoms with Crippen molar-refractivity contribution in [1.82, 2.24) is 0 Å². The van der Waals surface area contributed by atoms with Crippen molar-refractivity contribution < 1.29 is 19.2 Å². The maximum atomic E-state index is 13.6. The summed E-state index contributed by atoms with van der Waals surface area (Å²) in [6, 6.07) is 12.3. The number of ether oxygens (including phenoxy) is 1. The second-order valence-electron chi connectivity index (χ2n) is 4.12. The highest BCUT2D eigenvalue weighted by Gasteiger charge is 2.16. The van der Waals surface area contributed by atoms with Crippen molar-refractivity contribution in [3.05, 3.63) is 59.4 Å². The van der Waals surface area contributed by atoms with Gasteiger partial charge < -0.3 is 14.8 Å². The van der Waals surface area contributed by atoms with Crippen LogP contribution in [0.5, 0.6) is 5.75 Å². The van der Waals surface area contributed by atoms with Gasteiger partial charge in [0.15, 0.2) is 0 Å². The van der Waals surface area contributed by atoms with Crippen LogP contribution < -0.4 is 10.2 Å². The second kappa shape index (κ2) is 6.19. The molecular formula is C14H11BFNO3. The fraction of sp³-hybridized carbons (Fsp3) is 0.0714. The normalized spacial score (nSPS) is 9.90. The lowest BCUT2D eigenvalue weighted by molar-refractivity contribution is 0.300. The summed E-state index contributed by atoms with van der Waals surface area (Å²) in [5.74, 6) is -0.227. The maximum absolute atomic E-state index is 13.6. The number of halogens is 1. The summed E-state index contributed by atoms with van der Waals surface area (Å²) in [6.45, 7) is -0.106. The predicted molar refractivity (Wildman–Crippen MR) is 71.7 cm³/mol. The highest BCUT2D eigenvalue weighted by molar-refractivity contribution is 6.59. The Morgan fingerprint density at radius 3 is 2.65 bits per heavy atom. The van der Waals surface area contributed by atoms with Crippen molar-refractivity contribution >= 4 is 12.6 Å². The maximum Gasteiger partial charge on any atom is 0.492 e. The van der Waals surface area contributed by atoms with Crippen LogP contribution in [0, 0.1) is 17.1 Å². The predicted octanol–water partition coefficient (Wildman–Crippen LogP) is 0.956. The smallest absolute Gasteiger partial charge is 0.489 e. The minimum Gasteiger partial charge on any atom is -0.489 e. The van der Waals surface area contributed by atoms with E-state index in [0.29, 0.717) is 5.56 Å². The third kappa shape index (κ3) is 3.15. The second-order valence-corrected chi connectivity index (χ2v) is 4.12.